The number of carbonyl (C=O) groups excluding carboxylic acids is 1. The largest absolute Gasteiger partial charge is 0.347 e. The highest BCUT2D eigenvalue weighted by Gasteiger charge is 2.68. The van der Waals surface area contributed by atoms with Gasteiger partial charge in [-0.1, -0.05) is 32.9 Å². The zero-order chi connectivity index (χ0) is 23.2. The van der Waals surface area contributed by atoms with Gasteiger partial charge in [-0.15, -0.1) is 0 Å². The van der Waals surface area contributed by atoms with E-state index >= 15 is 0 Å². The van der Waals surface area contributed by atoms with Crippen LogP contribution in [0.2, 0.25) is 0 Å². The van der Waals surface area contributed by atoms with E-state index in [9.17, 15) is 4.79 Å². The molecule has 174 valence electrons. The van der Waals surface area contributed by atoms with E-state index in [2.05, 4.69) is 46.6 Å². The van der Waals surface area contributed by atoms with E-state index in [0.29, 0.717) is 23.3 Å². The zero-order valence-electron chi connectivity index (χ0n) is 20.1. The van der Waals surface area contributed by atoms with E-state index < -0.39 is 0 Å². The molecule has 1 aliphatic heterocycles. The van der Waals surface area contributed by atoms with Crippen molar-refractivity contribution in [1.82, 2.24) is 19.8 Å². The first kappa shape index (κ1) is 22.2. The fourth-order valence-corrected chi connectivity index (χ4v) is 7.05. The molecule has 4 atom stereocenters. The van der Waals surface area contributed by atoms with E-state index in [4.69, 9.17) is 5.26 Å². The number of hydrogen-bond acceptors (Lipinski definition) is 4. The van der Waals surface area contributed by atoms with Crippen molar-refractivity contribution in [3.63, 3.8) is 0 Å². The Hall–Kier alpha value is -2.65. The number of nitriles is 1. The quantitative estimate of drug-likeness (QED) is 0.749. The van der Waals surface area contributed by atoms with E-state index in [-0.39, 0.29) is 16.9 Å². The third-order valence-electron chi connectivity index (χ3n) is 9.34. The van der Waals surface area contributed by atoms with Gasteiger partial charge in [-0.3, -0.25) is 9.69 Å². The smallest absolute Gasteiger partial charge is 0.229 e. The van der Waals surface area contributed by atoms with Crippen LogP contribution in [0.25, 0.3) is 0 Å². The van der Waals surface area contributed by atoms with Crippen LogP contribution in [0.1, 0.15) is 62.9 Å². The van der Waals surface area contributed by atoms with Crippen LogP contribution in [0.4, 0.5) is 0 Å². The number of benzene rings is 1. The number of aromatic nitrogens is 2. The standard InChI is InChI=1S/C27H35N5O/c1-19-4-9-22-15-27(19,26(22,2)3)25(33)32-12-10-31(11-13-32)24(23-17-29-18-30-23)14-20-5-7-21(16-28)8-6-20/h5-8,17-19,22,24H,4,9-15H2,1-3H3,(H,29,30). The van der Waals surface area contributed by atoms with Crippen LogP contribution in [0.15, 0.2) is 36.8 Å². The number of fused-ring (bicyclic) bond motifs is 2. The molecule has 6 nitrogen and oxygen atoms in total. The topological polar surface area (TPSA) is 76.0 Å². The minimum absolute atomic E-state index is 0.118. The first-order chi connectivity index (χ1) is 15.9. The molecule has 1 aromatic carbocycles. The Balaban J connectivity index is 1.29. The third-order valence-corrected chi connectivity index (χ3v) is 9.34. The van der Waals surface area contributed by atoms with Crippen LogP contribution in [-0.2, 0) is 11.2 Å². The summed E-state index contributed by atoms with van der Waals surface area (Å²) in [6.07, 6.45) is 8.03. The lowest BCUT2D eigenvalue weighted by atomic mass is 9.36. The number of carbonyl (C=O) groups is 1. The fraction of sp³-hybridized carbons (Fsp3) is 0.593. The number of piperazine rings is 1. The molecule has 3 saturated carbocycles. The molecule has 1 aromatic heterocycles. The zero-order valence-corrected chi connectivity index (χ0v) is 20.1. The van der Waals surface area contributed by atoms with Crippen molar-refractivity contribution in [2.24, 2.45) is 22.7 Å². The average molecular weight is 446 g/mol. The molecule has 1 saturated heterocycles. The summed E-state index contributed by atoms with van der Waals surface area (Å²) >= 11 is 0. The molecule has 3 aliphatic carbocycles. The molecule has 2 heterocycles. The fourth-order valence-electron chi connectivity index (χ4n) is 7.05. The average Bonchev–Trinajstić information content (AvgIpc) is 3.37. The number of aromatic amines is 1. The number of rotatable bonds is 5. The number of nitrogens with one attached hydrogen (secondary N) is 1. The van der Waals surface area contributed by atoms with E-state index in [0.717, 1.165) is 44.7 Å². The maximum atomic E-state index is 13.9. The summed E-state index contributed by atoms with van der Waals surface area (Å²) in [6, 6.07) is 10.2. The van der Waals surface area contributed by atoms with Crippen LogP contribution >= 0.6 is 0 Å². The molecule has 6 rings (SSSR count). The number of hydrogen-bond donors (Lipinski definition) is 1. The van der Waals surface area contributed by atoms with Crippen LogP contribution < -0.4 is 0 Å². The minimum atomic E-state index is -0.163. The van der Waals surface area contributed by atoms with Gasteiger partial charge in [0.25, 0.3) is 0 Å². The molecular weight excluding hydrogens is 410 g/mol. The Morgan fingerprint density at radius 1 is 1.21 bits per heavy atom. The van der Waals surface area contributed by atoms with Crippen LogP contribution in [0.5, 0.6) is 0 Å². The van der Waals surface area contributed by atoms with Gasteiger partial charge in [-0.25, -0.2) is 4.98 Å². The summed E-state index contributed by atoms with van der Waals surface area (Å²) in [4.78, 5) is 26.1. The Kier molecular flexibility index (Phi) is 5.56. The Morgan fingerprint density at radius 3 is 2.52 bits per heavy atom. The van der Waals surface area contributed by atoms with E-state index in [1.807, 2.05) is 30.5 Å². The SMILES string of the molecule is CC1CCC2CC1(C(=O)N1CCN(C(Cc3ccc(C#N)cc3)c3cnc[nH]3)CC1)C2(C)C. The molecule has 4 aliphatic rings. The molecule has 0 radical (unpaired) electrons. The van der Waals surface area contributed by atoms with Crippen LogP contribution in [0.3, 0.4) is 0 Å². The van der Waals surface area contributed by atoms with Gasteiger partial charge in [-0.05, 0) is 60.6 Å². The van der Waals surface area contributed by atoms with Crippen molar-refractivity contribution in [2.75, 3.05) is 26.2 Å². The molecule has 4 fully saturated rings. The van der Waals surface area contributed by atoms with Gasteiger partial charge in [0, 0.05) is 32.4 Å². The van der Waals surface area contributed by atoms with Crippen molar-refractivity contribution in [3.8, 4) is 6.07 Å². The van der Waals surface area contributed by atoms with Gasteiger partial charge in [0.2, 0.25) is 5.91 Å². The normalized spacial score (nSPS) is 29.7. The first-order valence-electron chi connectivity index (χ1n) is 12.4. The molecular formula is C27H35N5O. The predicted octanol–water partition coefficient (Wildman–Crippen LogP) is 4.17. The molecule has 33 heavy (non-hydrogen) atoms. The summed E-state index contributed by atoms with van der Waals surface area (Å²) in [5.74, 6) is 1.58. The van der Waals surface area contributed by atoms with Gasteiger partial charge >= 0.3 is 0 Å². The lowest BCUT2D eigenvalue weighted by molar-refractivity contribution is -0.212. The number of H-pyrrole nitrogens is 1. The third kappa shape index (κ3) is 3.49. The predicted molar refractivity (Wildman–Crippen MR) is 127 cm³/mol. The Labute approximate surface area is 197 Å². The van der Waals surface area contributed by atoms with Crippen LogP contribution in [-0.4, -0.2) is 51.9 Å². The molecule has 6 heteroatoms. The van der Waals surface area contributed by atoms with E-state index in [1.54, 1.807) is 6.33 Å². The Bertz CT molecular complexity index is 1030. The summed E-state index contributed by atoms with van der Waals surface area (Å²) in [6.45, 7) is 10.3. The Morgan fingerprint density at radius 2 is 1.94 bits per heavy atom. The number of amides is 1. The van der Waals surface area contributed by atoms with Crippen LogP contribution in [0, 0.1) is 34.0 Å². The first-order valence-corrected chi connectivity index (χ1v) is 12.4. The number of nitrogens with zero attached hydrogens (tertiary/aromatic N) is 4. The second-order valence-corrected chi connectivity index (χ2v) is 10.9. The molecule has 1 N–H and O–H groups in total. The van der Waals surface area contributed by atoms with Gasteiger partial charge in [0.15, 0.2) is 0 Å². The molecule has 4 unspecified atom stereocenters. The summed E-state index contributed by atoms with van der Waals surface area (Å²) < 4.78 is 0. The van der Waals surface area contributed by atoms with Gasteiger partial charge < -0.3 is 9.88 Å². The van der Waals surface area contributed by atoms with Gasteiger partial charge in [-0.2, -0.15) is 5.26 Å². The summed E-state index contributed by atoms with van der Waals surface area (Å²) in [5.41, 5.74) is 2.93. The highest BCUT2D eigenvalue weighted by atomic mass is 16.2. The monoisotopic (exact) mass is 445 g/mol. The second kappa shape index (κ2) is 8.29. The van der Waals surface area contributed by atoms with Crippen molar-refractivity contribution < 1.29 is 4.79 Å². The summed E-state index contributed by atoms with van der Waals surface area (Å²) in [5, 5.41) is 9.09. The lowest BCUT2D eigenvalue weighted by Crippen LogP contribution is -2.69. The van der Waals surface area contributed by atoms with Crippen molar-refractivity contribution in [3.05, 3.63) is 53.6 Å². The lowest BCUT2D eigenvalue weighted by Gasteiger charge is -2.68. The van der Waals surface area contributed by atoms with Crippen molar-refractivity contribution >= 4 is 5.91 Å². The second-order valence-electron chi connectivity index (χ2n) is 10.9. The van der Waals surface area contributed by atoms with E-state index in [1.165, 1.54) is 18.4 Å². The number of imidazole rings is 1. The maximum Gasteiger partial charge on any atom is 0.229 e. The van der Waals surface area contributed by atoms with Crippen molar-refractivity contribution in [1.29, 1.82) is 5.26 Å². The highest BCUT2D eigenvalue weighted by molar-refractivity contribution is 5.85. The highest BCUT2D eigenvalue weighted by Crippen LogP contribution is 2.70. The molecule has 2 aromatic rings. The maximum absolute atomic E-state index is 13.9. The molecule has 1 amide bonds. The minimum Gasteiger partial charge on any atom is -0.347 e. The van der Waals surface area contributed by atoms with Gasteiger partial charge in [0.05, 0.1) is 35.1 Å². The molecule has 2 bridgehead atoms. The van der Waals surface area contributed by atoms with Crippen molar-refractivity contribution in [2.45, 2.75) is 52.5 Å². The molecule has 0 spiro atoms. The van der Waals surface area contributed by atoms with Gasteiger partial charge in [0.1, 0.15) is 0 Å². The summed E-state index contributed by atoms with van der Waals surface area (Å²) in [7, 11) is 0.